The number of nitrogens with zero attached hydrogens (tertiary/aromatic N) is 2. The van der Waals surface area contributed by atoms with Crippen LogP contribution in [0.5, 0.6) is 11.5 Å². The number of halogens is 1. The van der Waals surface area contributed by atoms with Crippen molar-refractivity contribution in [2.45, 2.75) is 6.92 Å². The number of thioether (sulfide) groups is 1. The number of hydrogen-bond acceptors (Lipinski definition) is 8. The molecule has 0 unspecified atom stereocenters. The van der Waals surface area contributed by atoms with Crippen LogP contribution in [-0.2, 0) is 14.3 Å². The Morgan fingerprint density at radius 2 is 1.82 bits per heavy atom. The first-order chi connectivity index (χ1) is 19.4. The van der Waals surface area contributed by atoms with Crippen LogP contribution >= 0.6 is 27.7 Å². The van der Waals surface area contributed by atoms with Crippen molar-refractivity contribution in [1.82, 2.24) is 9.80 Å². The number of rotatable bonds is 7. The number of hydrogen-bond donors (Lipinski definition) is 0. The lowest BCUT2D eigenvalue weighted by Crippen LogP contribution is -2.46. The first-order valence-corrected chi connectivity index (χ1v) is 14.2. The van der Waals surface area contributed by atoms with Crippen LogP contribution < -0.4 is 9.47 Å². The average Bonchev–Trinajstić information content (AvgIpc) is 3.22. The molecule has 0 aromatic heterocycles. The Hall–Kier alpha value is -3.67. The molecule has 9 nitrogen and oxygen atoms in total. The molecule has 0 spiro atoms. The van der Waals surface area contributed by atoms with Gasteiger partial charge in [0.15, 0.2) is 11.5 Å². The summed E-state index contributed by atoms with van der Waals surface area (Å²) in [5.74, 6) is -0.903. The van der Waals surface area contributed by atoms with Gasteiger partial charge in [-0.05, 0) is 75.2 Å². The van der Waals surface area contributed by atoms with Crippen LogP contribution in [0.3, 0.4) is 0 Å². The molecule has 3 amide bonds. The molecule has 3 aromatic carbocycles. The lowest BCUT2D eigenvalue weighted by Gasteiger charge is -2.28. The van der Waals surface area contributed by atoms with Gasteiger partial charge in [0, 0.05) is 13.1 Å². The van der Waals surface area contributed by atoms with Crippen LogP contribution in [0.2, 0.25) is 0 Å². The molecular formula is C29H25BrN2O7S. The molecule has 5 rings (SSSR count). The Labute approximate surface area is 243 Å². The Morgan fingerprint density at radius 1 is 1.07 bits per heavy atom. The first kappa shape index (κ1) is 27.9. The fourth-order valence-corrected chi connectivity index (χ4v) is 5.80. The fourth-order valence-electron chi connectivity index (χ4n) is 4.42. The van der Waals surface area contributed by atoms with Gasteiger partial charge in [0.1, 0.15) is 6.54 Å². The topological polar surface area (TPSA) is 102 Å². The summed E-state index contributed by atoms with van der Waals surface area (Å²) in [5, 5.41) is 1.17. The van der Waals surface area contributed by atoms with Gasteiger partial charge in [-0.15, -0.1) is 0 Å². The Bertz CT molecular complexity index is 1530. The van der Waals surface area contributed by atoms with Crippen LogP contribution in [0.25, 0.3) is 16.8 Å². The van der Waals surface area contributed by atoms with Gasteiger partial charge in [-0.2, -0.15) is 0 Å². The highest BCUT2D eigenvalue weighted by Crippen LogP contribution is 2.40. The predicted octanol–water partition coefficient (Wildman–Crippen LogP) is 5.12. The number of fused-ring (bicyclic) bond motifs is 1. The molecule has 2 fully saturated rings. The molecular weight excluding hydrogens is 600 g/mol. The lowest BCUT2D eigenvalue weighted by molar-refractivity contribution is -0.139. The molecule has 0 saturated carbocycles. The molecule has 206 valence electrons. The molecule has 11 heteroatoms. The summed E-state index contributed by atoms with van der Waals surface area (Å²) in [6.07, 6.45) is 1.55. The maximum Gasteiger partial charge on any atom is 0.344 e. The second-order valence-electron chi connectivity index (χ2n) is 8.94. The molecule has 40 heavy (non-hydrogen) atoms. The van der Waals surface area contributed by atoms with E-state index in [1.807, 2.05) is 30.3 Å². The quantitative estimate of drug-likeness (QED) is 0.203. The SMILES string of the molecule is CCOc1cc(/C=C2\SC(=O)N(CC(=O)N3CCOCC3)C2=O)cc(Br)c1OC(=O)c1cccc2ccccc12. The molecule has 0 atom stereocenters. The molecule has 0 radical (unpaired) electrons. The Morgan fingerprint density at radius 3 is 2.60 bits per heavy atom. The van der Waals surface area contributed by atoms with Crippen LogP contribution in [0.1, 0.15) is 22.8 Å². The number of carbonyl (C=O) groups excluding carboxylic acids is 4. The third-order valence-corrected chi connectivity index (χ3v) is 7.86. The largest absolute Gasteiger partial charge is 0.490 e. The normalized spacial score (nSPS) is 16.6. The number of ether oxygens (including phenoxy) is 3. The second kappa shape index (κ2) is 12.2. The minimum Gasteiger partial charge on any atom is -0.490 e. The molecule has 0 aliphatic carbocycles. The summed E-state index contributed by atoms with van der Waals surface area (Å²) < 4.78 is 17.2. The van der Waals surface area contributed by atoms with Crippen molar-refractivity contribution in [3.63, 3.8) is 0 Å². The maximum atomic E-state index is 13.2. The van der Waals surface area contributed by atoms with E-state index >= 15 is 0 Å². The molecule has 2 aliphatic rings. The van der Waals surface area contributed by atoms with Crippen LogP contribution in [0, 0.1) is 0 Å². The van der Waals surface area contributed by atoms with Gasteiger partial charge >= 0.3 is 5.97 Å². The molecule has 0 bridgehead atoms. The number of esters is 1. The van der Waals surface area contributed by atoms with E-state index in [0.717, 1.165) is 27.4 Å². The number of carbonyl (C=O) groups is 4. The van der Waals surface area contributed by atoms with E-state index < -0.39 is 17.1 Å². The summed E-state index contributed by atoms with van der Waals surface area (Å²) in [4.78, 5) is 54.1. The minimum atomic E-state index is -0.544. The third-order valence-electron chi connectivity index (χ3n) is 6.36. The van der Waals surface area contributed by atoms with Crippen LogP contribution in [0.15, 0.2) is 64.0 Å². The number of amides is 3. The van der Waals surface area contributed by atoms with Crippen molar-refractivity contribution in [1.29, 1.82) is 0 Å². The molecule has 0 N–H and O–H groups in total. The predicted molar refractivity (Wildman–Crippen MR) is 154 cm³/mol. The van der Waals surface area contributed by atoms with E-state index in [1.165, 1.54) is 0 Å². The highest BCUT2D eigenvalue weighted by Gasteiger charge is 2.37. The van der Waals surface area contributed by atoms with Gasteiger partial charge in [0.2, 0.25) is 5.91 Å². The highest BCUT2D eigenvalue weighted by atomic mass is 79.9. The minimum absolute atomic E-state index is 0.176. The number of imide groups is 1. The molecule has 3 aromatic rings. The first-order valence-electron chi connectivity index (χ1n) is 12.6. The summed E-state index contributed by atoms with van der Waals surface area (Å²) in [6.45, 7) is 3.49. The van der Waals surface area contributed by atoms with Crippen molar-refractivity contribution in [3.8, 4) is 11.5 Å². The summed E-state index contributed by atoms with van der Waals surface area (Å²) >= 11 is 4.23. The smallest absolute Gasteiger partial charge is 0.344 e. The van der Waals surface area contributed by atoms with E-state index in [2.05, 4.69) is 15.9 Å². The zero-order chi connectivity index (χ0) is 28.2. The summed E-state index contributed by atoms with van der Waals surface area (Å²) in [6, 6.07) is 16.2. The van der Waals surface area contributed by atoms with Crippen molar-refractivity contribution in [2.24, 2.45) is 0 Å². The lowest BCUT2D eigenvalue weighted by atomic mass is 10.0. The van der Waals surface area contributed by atoms with Crippen LogP contribution in [0.4, 0.5) is 4.79 Å². The van der Waals surface area contributed by atoms with Gasteiger partial charge in [-0.1, -0.05) is 36.4 Å². The molecule has 2 aliphatic heterocycles. The summed E-state index contributed by atoms with van der Waals surface area (Å²) in [7, 11) is 0. The van der Waals surface area contributed by atoms with Crippen molar-refractivity contribution in [2.75, 3.05) is 39.5 Å². The zero-order valence-electron chi connectivity index (χ0n) is 21.6. The van der Waals surface area contributed by atoms with E-state index in [0.29, 0.717) is 54.3 Å². The fraction of sp³-hybridized carbons (Fsp3) is 0.241. The van der Waals surface area contributed by atoms with Crippen molar-refractivity contribution >= 4 is 67.6 Å². The van der Waals surface area contributed by atoms with Gasteiger partial charge < -0.3 is 19.1 Å². The van der Waals surface area contributed by atoms with Crippen molar-refractivity contribution < 1.29 is 33.4 Å². The third kappa shape index (κ3) is 5.91. The van der Waals surface area contributed by atoms with Crippen LogP contribution in [-0.4, -0.2) is 72.3 Å². The van der Waals surface area contributed by atoms with E-state index in [1.54, 1.807) is 42.2 Å². The van der Waals surface area contributed by atoms with E-state index in [4.69, 9.17) is 14.2 Å². The second-order valence-corrected chi connectivity index (χ2v) is 10.8. The Kier molecular flexibility index (Phi) is 8.53. The molecule has 2 heterocycles. The monoisotopic (exact) mass is 624 g/mol. The average molecular weight is 625 g/mol. The van der Waals surface area contributed by atoms with Gasteiger partial charge in [0.25, 0.3) is 11.1 Å². The summed E-state index contributed by atoms with van der Waals surface area (Å²) in [5.41, 5.74) is 0.960. The standard InChI is InChI=1S/C29H25BrN2O7S/c1-2-38-23-15-18(16-24-27(34)32(29(36)40-24)17-25(33)31-10-12-37-13-11-31)14-22(30)26(23)39-28(35)21-9-5-7-19-6-3-4-8-20(19)21/h3-9,14-16H,2,10-13,17H2,1H3/b24-16-. The van der Waals surface area contributed by atoms with E-state index in [9.17, 15) is 19.2 Å². The Balaban J connectivity index is 1.37. The molecule has 2 saturated heterocycles. The number of benzene rings is 3. The van der Waals surface area contributed by atoms with Gasteiger partial charge in [-0.3, -0.25) is 19.3 Å². The number of morpholine rings is 1. The van der Waals surface area contributed by atoms with Gasteiger partial charge in [0.05, 0.1) is 34.8 Å². The maximum absolute atomic E-state index is 13.2. The van der Waals surface area contributed by atoms with Gasteiger partial charge in [-0.25, -0.2) is 4.79 Å². The highest BCUT2D eigenvalue weighted by molar-refractivity contribution is 9.10. The van der Waals surface area contributed by atoms with E-state index in [-0.39, 0.29) is 23.1 Å². The van der Waals surface area contributed by atoms with Crippen molar-refractivity contribution in [3.05, 3.63) is 75.1 Å². The zero-order valence-corrected chi connectivity index (χ0v) is 24.0.